The molecule has 0 spiro atoms. The lowest BCUT2D eigenvalue weighted by Crippen LogP contribution is -2.31. The number of benzene rings is 1. The summed E-state index contributed by atoms with van der Waals surface area (Å²) in [5.74, 6) is 1.85. The first-order valence-corrected chi connectivity index (χ1v) is 8.72. The van der Waals surface area contributed by atoms with Crippen molar-refractivity contribution in [1.29, 1.82) is 0 Å². The molecule has 130 valence electrons. The van der Waals surface area contributed by atoms with Crippen LogP contribution in [0.3, 0.4) is 0 Å². The van der Waals surface area contributed by atoms with Crippen molar-refractivity contribution in [3.63, 3.8) is 0 Å². The largest absolute Gasteiger partial charge is 0.368 e. The van der Waals surface area contributed by atoms with Gasteiger partial charge in [-0.25, -0.2) is 15.0 Å². The number of hydrogen-bond acceptors (Lipinski definition) is 5. The quantitative estimate of drug-likeness (QED) is 0.729. The summed E-state index contributed by atoms with van der Waals surface area (Å²) in [6.45, 7) is 9.24. The van der Waals surface area contributed by atoms with Crippen LogP contribution in [0, 0.1) is 0 Å². The minimum Gasteiger partial charge on any atom is -0.368 e. The fraction of sp³-hybridized carbons (Fsp3) is 0.350. The molecule has 3 rings (SSSR count). The zero-order valence-electron chi connectivity index (χ0n) is 15.3. The number of rotatable bonds is 6. The highest BCUT2D eigenvalue weighted by Crippen LogP contribution is 2.27. The number of aromatic nitrogens is 3. The van der Waals surface area contributed by atoms with Crippen LogP contribution >= 0.6 is 0 Å². The Morgan fingerprint density at radius 1 is 1.00 bits per heavy atom. The summed E-state index contributed by atoms with van der Waals surface area (Å²) in [6, 6.07) is 13.1. The van der Waals surface area contributed by atoms with E-state index in [1.807, 2.05) is 18.3 Å². The summed E-state index contributed by atoms with van der Waals surface area (Å²) in [6.07, 6.45) is 3.49. The maximum absolute atomic E-state index is 4.66. The number of anilines is 2. The number of nitrogens with one attached hydrogen (secondary N) is 1. The molecule has 1 aromatic carbocycles. The van der Waals surface area contributed by atoms with E-state index in [2.05, 4.69) is 77.1 Å². The van der Waals surface area contributed by atoms with E-state index in [-0.39, 0.29) is 0 Å². The van der Waals surface area contributed by atoms with Gasteiger partial charge >= 0.3 is 0 Å². The zero-order valence-corrected chi connectivity index (χ0v) is 15.3. The lowest BCUT2D eigenvalue weighted by Gasteiger charge is -2.28. The van der Waals surface area contributed by atoms with Gasteiger partial charge in [0.15, 0.2) is 0 Å². The van der Waals surface area contributed by atoms with Gasteiger partial charge in [0.1, 0.15) is 18.0 Å². The molecular weight excluding hydrogens is 310 g/mol. The molecule has 0 atom stereocenters. The van der Waals surface area contributed by atoms with Gasteiger partial charge in [0.05, 0.1) is 12.2 Å². The summed E-state index contributed by atoms with van der Waals surface area (Å²) < 4.78 is 0. The molecule has 0 radical (unpaired) electrons. The maximum atomic E-state index is 4.66. The lowest BCUT2D eigenvalue weighted by molar-refractivity contribution is 0.666. The molecule has 0 aliphatic carbocycles. The van der Waals surface area contributed by atoms with Crippen molar-refractivity contribution < 1.29 is 0 Å². The first-order valence-electron chi connectivity index (χ1n) is 8.72. The average Bonchev–Trinajstić information content (AvgIpc) is 2.59. The van der Waals surface area contributed by atoms with E-state index in [0.717, 1.165) is 22.7 Å². The van der Waals surface area contributed by atoms with Crippen molar-refractivity contribution in [2.75, 3.05) is 10.2 Å². The summed E-state index contributed by atoms with van der Waals surface area (Å²) in [4.78, 5) is 15.7. The van der Waals surface area contributed by atoms with Gasteiger partial charge in [-0.05, 0) is 39.1 Å². The van der Waals surface area contributed by atoms with Crippen LogP contribution in [0.2, 0.25) is 0 Å². The van der Waals surface area contributed by atoms with Crippen molar-refractivity contribution in [2.45, 2.75) is 46.3 Å². The molecule has 25 heavy (non-hydrogen) atoms. The van der Waals surface area contributed by atoms with Gasteiger partial charge < -0.3 is 10.2 Å². The van der Waals surface area contributed by atoms with Crippen molar-refractivity contribution in [1.82, 2.24) is 15.0 Å². The number of pyridine rings is 1. The third-order valence-electron chi connectivity index (χ3n) is 4.04. The molecule has 5 nitrogen and oxygen atoms in total. The Hall–Kier alpha value is -2.69. The van der Waals surface area contributed by atoms with Crippen molar-refractivity contribution in [3.05, 3.63) is 54.6 Å². The first-order chi connectivity index (χ1) is 12.0. The average molecular weight is 335 g/mol. The van der Waals surface area contributed by atoms with Crippen LogP contribution in [0.25, 0.3) is 10.8 Å². The molecule has 0 aliphatic heterocycles. The van der Waals surface area contributed by atoms with E-state index < -0.39 is 0 Å². The molecule has 0 amide bonds. The highest BCUT2D eigenvalue weighted by atomic mass is 15.2. The van der Waals surface area contributed by atoms with Crippen molar-refractivity contribution >= 4 is 22.4 Å². The van der Waals surface area contributed by atoms with Gasteiger partial charge in [-0.15, -0.1) is 0 Å². The molecule has 5 heteroatoms. The van der Waals surface area contributed by atoms with Crippen LogP contribution in [-0.4, -0.2) is 27.0 Å². The van der Waals surface area contributed by atoms with E-state index in [1.165, 1.54) is 5.39 Å². The molecule has 0 unspecified atom stereocenters. The van der Waals surface area contributed by atoms with Crippen LogP contribution < -0.4 is 10.2 Å². The van der Waals surface area contributed by atoms with Crippen LogP contribution in [0.1, 0.15) is 33.4 Å². The summed E-state index contributed by atoms with van der Waals surface area (Å²) in [5.41, 5.74) is 0.974. The molecular formula is C20H25N5. The van der Waals surface area contributed by atoms with E-state index in [9.17, 15) is 0 Å². The molecule has 3 aromatic rings. The molecule has 2 aromatic heterocycles. The standard InChI is InChI=1S/C20H25N5/c1-14(2)24-19-11-17(22-13-23-19)12-25(15(3)4)20-18-8-6-5-7-16(18)9-10-21-20/h5-11,13-15H,12H2,1-4H3,(H,22,23,24). The van der Waals surface area contributed by atoms with Gasteiger partial charge in [-0.1, -0.05) is 24.3 Å². The Labute approximate surface area is 149 Å². The smallest absolute Gasteiger partial charge is 0.136 e. The topological polar surface area (TPSA) is 53.9 Å². The predicted molar refractivity (Wildman–Crippen MR) is 104 cm³/mol. The predicted octanol–water partition coefficient (Wildman–Crippen LogP) is 4.26. The summed E-state index contributed by atoms with van der Waals surface area (Å²) in [5, 5.41) is 5.69. The molecule has 2 heterocycles. The highest BCUT2D eigenvalue weighted by molar-refractivity contribution is 5.92. The van der Waals surface area contributed by atoms with Crippen LogP contribution in [-0.2, 0) is 6.54 Å². The van der Waals surface area contributed by atoms with Gasteiger partial charge in [0, 0.05) is 29.7 Å². The first kappa shape index (κ1) is 17.1. The lowest BCUT2D eigenvalue weighted by atomic mass is 10.1. The molecule has 0 bridgehead atoms. The molecule has 0 fully saturated rings. The SMILES string of the molecule is CC(C)Nc1cc(CN(c2nccc3ccccc23)C(C)C)ncn1. The molecule has 0 saturated carbocycles. The third-order valence-corrected chi connectivity index (χ3v) is 4.04. The van der Waals surface area contributed by atoms with Gasteiger partial charge in [-0.2, -0.15) is 0 Å². The zero-order chi connectivity index (χ0) is 17.8. The van der Waals surface area contributed by atoms with E-state index in [1.54, 1.807) is 6.33 Å². The minimum absolute atomic E-state index is 0.301. The number of fused-ring (bicyclic) bond motifs is 1. The van der Waals surface area contributed by atoms with Gasteiger partial charge in [0.25, 0.3) is 0 Å². The highest BCUT2D eigenvalue weighted by Gasteiger charge is 2.16. The Balaban J connectivity index is 1.94. The molecule has 1 N–H and O–H groups in total. The van der Waals surface area contributed by atoms with E-state index in [0.29, 0.717) is 18.6 Å². The summed E-state index contributed by atoms with van der Waals surface area (Å²) >= 11 is 0. The fourth-order valence-electron chi connectivity index (χ4n) is 2.87. The number of hydrogen-bond donors (Lipinski definition) is 1. The van der Waals surface area contributed by atoms with E-state index >= 15 is 0 Å². The fourth-order valence-corrected chi connectivity index (χ4v) is 2.87. The molecule has 0 saturated heterocycles. The molecule has 0 aliphatic rings. The third kappa shape index (κ3) is 4.05. The van der Waals surface area contributed by atoms with Crippen molar-refractivity contribution in [2.24, 2.45) is 0 Å². The second-order valence-electron chi connectivity index (χ2n) is 6.77. The van der Waals surface area contributed by atoms with Crippen LogP contribution in [0.5, 0.6) is 0 Å². The van der Waals surface area contributed by atoms with Gasteiger partial charge in [0.2, 0.25) is 0 Å². The Bertz CT molecular complexity index is 839. The van der Waals surface area contributed by atoms with Crippen molar-refractivity contribution in [3.8, 4) is 0 Å². The van der Waals surface area contributed by atoms with Gasteiger partial charge in [-0.3, -0.25) is 0 Å². The monoisotopic (exact) mass is 335 g/mol. The Kier molecular flexibility index (Phi) is 5.12. The van der Waals surface area contributed by atoms with Crippen LogP contribution in [0.15, 0.2) is 48.9 Å². The summed E-state index contributed by atoms with van der Waals surface area (Å²) in [7, 11) is 0. The normalized spacial score (nSPS) is 11.3. The van der Waals surface area contributed by atoms with Crippen LogP contribution in [0.4, 0.5) is 11.6 Å². The second kappa shape index (κ2) is 7.47. The maximum Gasteiger partial charge on any atom is 0.136 e. The Morgan fingerprint density at radius 2 is 1.80 bits per heavy atom. The second-order valence-corrected chi connectivity index (χ2v) is 6.77. The number of nitrogens with zero attached hydrogens (tertiary/aromatic N) is 4. The Morgan fingerprint density at radius 3 is 2.56 bits per heavy atom. The van der Waals surface area contributed by atoms with E-state index in [4.69, 9.17) is 0 Å². The minimum atomic E-state index is 0.301.